The van der Waals surface area contributed by atoms with Crippen molar-refractivity contribution in [3.05, 3.63) is 34.9 Å². The third-order valence-corrected chi connectivity index (χ3v) is 2.82. The molecule has 4 heteroatoms. The van der Waals surface area contributed by atoms with Gasteiger partial charge in [-0.15, -0.1) is 0 Å². The zero-order chi connectivity index (χ0) is 12.8. The maximum absolute atomic E-state index is 11.6. The van der Waals surface area contributed by atoms with Gasteiger partial charge in [0.2, 0.25) is 0 Å². The number of halogens is 1. The van der Waals surface area contributed by atoms with E-state index in [9.17, 15) is 9.59 Å². The van der Waals surface area contributed by atoms with Crippen LogP contribution in [0.4, 0.5) is 0 Å². The van der Waals surface area contributed by atoms with Crippen LogP contribution in [0.25, 0.3) is 0 Å². The van der Waals surface area contributed by atoms with E-state index < -0.39 is 0 Å². The van der Waals surface area contributed by atoms with Crippen LogP contribution in [0.15, 0.2) is 18.2 Å². The highest BCUT2D eigenvalue weighted by molar-refractivity contribution is 9.08. The summed E-state index contributed by atoms with van der Waals surface area (Å²) in [7, 11) is 0. The van der Waals surface area contributed by atoms with Gasteiger partial charge in [-0.1, -0.05) is 22.0 Å². The minimum Gasteiger partial charge on any atom is -0.462 e. The van der Waals surface area contributed by atoms with Crippen LogP contribution in [-0.2, 0) is 21.3 Å². The number of carbonyl (C=O) groups is 2. The number of alkyl halides is 1. The lowest BCUT2D eigenvalue weighted by Gasteiger charge is -2.07. The summed E-state index contributed by atoms with van der Waals surface area (Å²) >= 11 is 3.34. The fraction of sp³-hybridized carbons (Fsp3) is 0.385. The van der Waals surface area contributed by atoms with E-state index in [4.69, 9.17) is 4.74 Å². The van der Waals surface area contributed by atoms with Gasteiger partial charge in [0.05, 0.1) is 12.2 Å². The van der Waals surface area contributed by atoms with E-state index >= 15 is 0 Å². The Morgan fingerprint density at radius 1 is 1.24 bits per heavy atom. The first-order valence-electron chi connectivity index (χ1n) is 5.42. The molecule has 0 aliphatic heterocycles. The van der Waals surface area contributed by atoms with Gasteiger partial charge in [0.25, 0.3) is 0 Å². The Kier molecular flexibility index (Phi) is 5.35. The molecular weight excluding hydrogens is 284 g/mol. The Labute approximate surface area is 109 Å². The quantitative estimate of drug-likeness (QED) is 0.620. The van der Waals surface area contributed by atoms with E-state index in [0.29, 0.717) is 23.9 Å². The zero-order valence-corrected chi connectivity index (χ0v) is 11.5. The third-order valence-electron chi connectivity index (χ3n) is 2.17. The number of carbonyl (C=O) groups excluding carboxylic acids is 2. The Hall–Kier alpha value is -1.16. The van der Waals surface area contributed by atoms with Gasteiger partial charge in [-0.25, -0.2) is 4.79 Å². The van der Waals surface area contributed by atoms with Gasteiger partial charge in [0.1, 0.15) is 5.78 Å². The van der Waals surface area contributed by atoms with Crippen molar-refractivity contribution in [3.8, 4) is 0 Å². The van der Waals surface area contributed by atoms with Crippen LogP contribution in [0.3, 0.4) is 0 Å². The van der Waals surface area contributed by atoms with Crippen LogP contribution in [0.2, 0.25) is 0 Å². The van der Waals surface area contributed by atoms with Crippen LogP contribution in [0.5, 0.6) is 0 Å². The molecule has 0 fully saturated rings. The number of hydrogen-bond donors (Lipinski definition) is 0. The first-order chi connectivity index (χ1) is 8.06. The Morgan fingerprint density at radius 3 is 2.41 bits per heavy atom. The molecule has 0 amide bonds. The molecule has 0 aromatic heterocycles. The van der Waals surface area contributed by atoms with Crippen molar-refractivity contribution < 1.29 is 14.3 Å². The fourth-order valence-electron chi connectivity index (χ4n) is 1.56. The van der Waals surface area contributed by atoms with Crippen LogP contribution < -0.4 is 0 Å². The third kappa shape index (κ3) is 4.30. The number of Topliss-reactive ketones (excluding diaryl/α,β-unsaturated/α-hetero) is 1. The maximum atomic E-state index is 11.6. The van der Waals surface area contributed by atoms with E-state index in [-0.39, 0.29) is 11.8 Å². The molecule has 17 heavy (non-hydrogen) atoms. The fourth-order valence-corrected chi connectivity index (χ4v) is 1.89. The summed E-state index contributed by atoms with van der Waals surface area (Å²) in [4.78, 5) is 22.7. The van der Waals surface area contributed by atoms with Gasteiger partial charge in [-0.05, 0) is 37.1 Å². The van der Waals surface area contributed by atoms with Crippen molar-refractivity contribution >= 4 is 27.7 Å². The summed E-state index contributed by atoms with van der Waals surface area (Å²) in [6.45, 7) is 3.65. The van der Waals surface area contributed by atoms with Crippen molar-refractivity contribution in [3.63, 3.8) is 0 Å². The molecule has 0 atom stereocenters. The molecule has 0 unspecified atom stereocenters. The SMILES string of the molecule is CCOC(=O)c1cc(CBr)cc(CC(C)=O)c1. The zero-order valence-electron chi connectivity index (χ0n) is 9.96. The lowest BCUT2D eigenvalue weighted by atomic mass is 10.0. The summed E-state index contributed by atoms with van der Waals surface area (Å²) in [5.74, 6) is -0.272. The van der Waals surface area contributed by atoms with E-state index in [2.05, 4.69) is 15.9 Å². The lowest BCUT2D eigenvalue weighted by Crippen LogP contribution is -2.07. The summed E-state index contributed by atoms with van der Waals surface area (Å²) in [5, 5.41) is 0.644. The van der Waals surface area contributed by atoms with Gasteiger partial charge in [0, 0.05) is 11.8 Å². The average molecular weight is 299 g/mol. The molecule has 0 heterocycles. The highest BCUT2D eigenvalue weighted by Gasteiger charge is 2.10. The number of ether oxygens (including phenoxy) is 1. The molecule has 0 spiro atoms. The van der Waals surface area contributed by atoms with Crippen LogP contribution in [0.1, 0.15) is 35.3 Å². The second kappa shape index (κ2) is 6.55. The van der Waals surface area contributed by atoms with Crippen LogP contribution in [-0.4, -0.2) is 18.4 Å². The predicted octanol–water partition coefficient (Wildman–Crippen LogP) is 2.89. The minimum atomic E-state index is -0.347. The average Bonchev–Trinajstić information content (AvgIpc) is 2.28. The smallest absolute Gasteiger partial charge is 0.338 e. The highest BCUT2D eigenvalue weighted by atomic mass is 79.9. The standard InChI is InChI=1S/C13H15BrO3/c1-3-17-13(16)12-6-10(4-9(2)15)5-11(7-12)8-14/h5-7H,3-4,8H2,1-2H3. The molecule has 0 radical (unpaired) electrons. The molecule has 0 N–H and O–H groups in total. The number of rotatable bonds is 5. The van der Waals surface area contributed by atoms with Crippen molar-refractivity contribution in [2.75, 3.05) is 6.61 Å². The topological polar surface area (TPSA) is 43.4 Å². The van der Waals surface area contributed by atoms with E-state index in [1.807, 2.05) is 6.07 Å². The van der Waals surface area contributed by atoms with Crippen LogP contribution >= 0.6 is 15.9 Å². The molecule has 0 aliphatic carbocycles. The molecule has 1 aromatic carbocycles. The van der Waals surface area contributed by atoms with Crippen molar-refractivity contribution in [2.45, 2.75) is 25.6 Å². The van der Waals surface area contributed by atoms with E-state index in [1.165, 1.54) is 6.92 Å². The molecule has 0 saturated heterocycles. The predicted molar refractivity (Wildman–Crippen MR) is 69.4 cm³/mol. The molecule has 0 bridgehead atoms. The van der Waals surface area contributed by atoms with Crippen LogP contribution in [0, 0.1) is 0 Å². The Balaban J connectivity index is 3.04. The van der Waals surface area contributed by atoms with Crippen molar-refractivity contribution in [2.24, 2.45) is 0 Å². The molecule has 0 saturated carbocycles. The van der Waals surface area contributed by atoms with Gasteiger partial charge < -0.3 is 4.74 Å². The maximum Gasteiger partial charge on any atom is 0.338 e. The largest absolute Gasteiger partial charge is 0.462 e. The molecule has 1 aromatic rings. The summed E-state index contributed by atoms with van der Waals surface area (Å²) < 4.78 is 4.95. The normalized spacial score (nSPS) is 10.1. The first-order valence-corrected chi connectivity index (χ1v) is 6.54. The summed E-state index contributed by atoms with van der Waals surface area (Å²) in [6, 6.07) is 5.40. The number of benzene rings is 1. The summed E-state index contributed by atoms with van der Waals surface area (Å²) in [5.41, 5.74) is 2.31. The second-order valence-electron chi connectivity index (χ2n) is 3.77. The van der Waals surface area contributed by atoms with E-state index in [0.717, 1.165) is 11.1 Å². The molecule has 0 aliphatic rings. The Bertz CT molecular complexity index is 427. The lowest BCUT2D eigenvalue weighted by molar-refractivity contribution is -0.116. The first kappa shape index (κ1) is 13.9. The number of hydrogen-bond acceptors (Lipinski definition) is 3. The van der Waals surface area contributed by atoms with Crippen molar-refractivity contribution in [1.82, 2.24) is 0 Å². The van der Waals surface area contributed by atoms with Gasteiger partial charge in [-0.2, -0.15) is 0 Å². The van der Waals surface area contributed by atoms with Gasteiger partial charge >= 0.3 is 5.97 Å². The number of esters is 1. The minimum absolute atomic E-state index is 0.0755. The number of ketones is 1. The van der Waals surface area contributed by atoms with Crippen molar-refractivity contribution in [1.29, 1.82) is 0 Å². The molecule has 1 rings (SSSR count). The van der Waals surface area contributed by atoms with Gasteiger partial charge in [-0.3, -0.25) is 4.79 Å². The molecule has 92 valence electrons. The monoisotopic (exact) mass is 298 g/mol. The Morgan fingerprint density at radius 2 is 1.88 bits per heavy atom. The molecule has 3 nitrogen and oxygen atoms in total. The highest BCUT2D eigenvalue weighted by Crippen LogP contribution is 2.15. The van der Waals surface area contributed by atoms with Gasteiger partial charge in [0.15, 0.2) is 0 Å². The molecular formula is C13H15BrO3. The second-order valence-corrected chi connectivity index (χ2v) is 4.33. The summed E-state index contributed by atoms with van der Waals surface area (Å²) in [6.07, 6.45) is 0.341. The van der Waals surface area contributed by atoms with E-state index in [1.54, 1.807) is 19.1 Å².